The van der Waals surface area contributed by atoms with Gasteiger partial charge in [0.15, 0.2) is 0 Å². The molecule has 2 heteroatoms. The van der Waals surface area contributed by atoms with E-state index in [1.807, 2.05) is 6.07 Å². The maximum absolute atomic E-state index is 6.30. The Morgan fingerprint density at radius 2 is 1.04 bits per heavy atom. The molecule has 10 aromatic rings. The van der Waals surface area contributed by atoms with Gasteiger partial charge in [0, 0.05) is 38.1 Å². The third-order valence-corrected chi connectivity index (χ3v) is 13.1. The number of benzene rings is 8. The Morgan fingerprint density at radius 1 is 0.446 bits per heavy atom. The molecule has 2 aromatic heterocycles. The Hall–Kier alpha value is -6.64. The molecule has 2 nitrogen and oxygen atoms in total. The van der Waals surface area contributed by atoms with Crippen LogP contribution >= 0.6 is 0 Å². The number of rotatable bonds is 4. The Kier molecular flexibility index (Phi) is 6.98. The summed E-state index contributed by atoms with van der Waals surface area (Å²) in [5.41, 5.74) is 17.6. The van der Waals surface area contributed by atoms with E-state index in [9.17, 15) is 0 Å². The minimum absolute atomic E-state index is 0.476. The van der Waals surface area contributed by atoms with E-state index in [1.165, 1.54) is 77.4 Å². The van der Waals surface area contributed by atoms with E-state index in [0.29, 0.717) is 0 Å². The summed E-state index contributed by atoms with van der Waals surface area (Å²) in [5, 5.41) is 4.81. The first-order valence-electron chi connectivity index (χ1n) is 19.7. The lowest BCUT2D eigenvalue weighted by molar-refractivity contribution is 0.573. The van der Waals surface area contributed by atoms with Crippen LogP contribution in [0.2, 0.25) is 0 Å². The van der Waals surface area contributed by atoms with Gasteiger partial charge < -0.3 is 8.98 Å². The summed E-state index contributed by atoms with van der Waals surface area (Å²) in [6.07, 6.45) is 0. The average molecular weight is 720 g/mol. The lowest BCUT2D eigenvalue weighted by Crippen LogP contribution is -2.42. The van der Waals surface area contributed by atoms with Crippen LogP contribution < -0.4 is 0 Å². The van der Waals surface area contributed by atoms with Gasteiger partial charge in [0.05, 0.1) is 11.0 Å². The summed E-state index contributed by atoms with van der Waals surface area (Å²) >= 11 is 0. The number of furan rings is 1. The van der Waals surface area contributed by atoms with Crippen molar-refractivity contribution in [3.8, 4) is 16.8 Å². The van der Waals surface area contributed by atoms with E-state index >= 15 is 0 Å². The van der Waals surface area contributed by atoms with E-state index in [-0.39, 0.29) is 0 Å². The van der Waals surface area contributed by atoms with Gasteiger partial charge in [-0.2, -0.15) is 0 Å². The molecule has 0 N–H and O–H groups in total. The molecular weight excluding hydrogens is 679 g/mol. The predicted octanol–water partition coefficient (Wildman–Crippen LogP) is 14.0. The highest BCUT2D eigenvalue weighted by molar-refractivity contribution is 6.13. The molecule has 0 saturated carbocycles. The van der Waals surface area contributed by atoms with Gasteiger partial charge in [-0.3, -0.25) is 0 Å². The number of aryl methyl sites for hydroxylation is 2. The van der Waals surface area contributed by atoms with Crippen molar-refractivity contribution in [3.63, 3.8) is 0 Å². The van der Waals surface area contributed by atoms with Crippen LogP contribution in [0.15, 0.2) is 180 Å². The van der Waals surface area contributed by atoms with Gasteiger partial charge in [-0.25, -0.2) is 0 Å². The first-order valence-corrected chi connectivity index (χ1v) is 19.7. The highest BCUT2D eigenvalue weighted by atomic mass is 16.3. The van der Waals surface area contributed by atoms with Crippen LogP contribution in [0.3, 0.4) is 0 Å². The summed E-state index contributed by atoms with van der Waals surface area (Å²) < 4.78 is 8.77. The number of hydrogen-bond acceptors (Lipinski definition) is 1. The third-order valence-electron chi connectivity index (χ3n) is 13.1. The lowest BCUT2D eigenvalue weighted by Gasteiger charge is -2.49. The minimum Gasteiger partial charge on any atom is -0.456 e. The van der Waals surface area contributed by atoms with E-state index in [4.69, 9.17) is 4.42 Å². The second kappa shape index (κ2) is 11.9. The standard InChI is InChI=1S/C54H41NO/c1-34-17-11-12-22-39(34)49-35(2)27-29-43-51(49)53(3,36-18-7-5-8-19-36)44-30-31-46-50(52(44)54(43,4)37-20-9-6-10-21-37)41-24-13-15-25-45(41)55(46)38-28-32-48-42(33-38)40-23-14-16-26-47(40)56-48/h5-33H,1-4H3. The molecular formula is C54H41NO. The normalized spacial score (nSPS) is 17.8. The van der Waals surface area contributed by atoms with Crippen molar-refractivity contribution in [3.05, 3.63) is 220 Å². The third kappa shape index (κ3) is 4.33. The fourth-order valence-electron chi connectivity index (χ4n) is 10.4. The van der Waals surface area contributed by atoms with Crippen LogP contribution in [-0.4, -0.2) is 4.57 Å². The maximum atomic E-state index is 6.30. The molecule has 0 radical (unpaired) electrons. The van der Waals surface area contributed by atoms with Crippen molar-refractivity contribution in [2.75, 3.05) is 0 Å². The van der Waals surface area contributed by atoms with E-state index in [0.717, 1.165) is 27.6 Å². The molecule has 268 valence electrons. The molecule has 2 heterocycles. The minimum atomic E-state index is -0.496. The average Bonchev–Trinajstić information content (AvgIpc) is 3.79. The first-order chi connectivity index (χ1) is 27.4. The largest absolute Gasteiger partial charge is 0.456 e. The van der Waals surface area contributed by atoms with Gasteiger partial charge in [-0.05, 0) is 120 Å². The summed E-state index contributed by atoms with van der Waals surface area (Å²) in [7, 11) is 0. The molecule has 1 aliphatic rings. The van der Waals surface area contributed by atoms with Gasteiger partial charge in [-0.15, -0.1) is 0 Å². The molecule has 2 unspecified atom stereocenters. The maximum Gasteiger partial charge on any atom is 0.135 e. The second-order valence-corrected chi connectivity index (χ2v) is 16.0. The van der Waals surface area contributed by atoms with Crippen LogP contribution in [0.5, 0.6) is 0 Å². The fourth-order valence-corrected chi connectivity index (χ4v) is 10.4. The van der Waals surface area contributed by atoms with Crippen LogP contribution in [-0.2, 0) is 10.8 Å². The molecule has 56 heavy (non-hydrogen) atoms. The van der Waals surface area contributed by atoms with Gasteiger partial charge in [-0.1, -0.05) is 140 Å². The lowest BCUT2D eigenvalue weighted by atomic mass is 9.53. The SMILES string of the molecule is Cc1ccccc1-c1c(C)ccc2c1C(C)(c1ccccc1)c1ccc3c(c1C2(C)c1ccccc1)c1ccccc1n3-c1ccc2oc3ccccc3c2c1. The van der Waals surface area contributed by atoms with Crippen LogP contribution in [0.25, 0.3) is 60.6 Å². The summed E-state index contributed by atoms with van der Waals surface area (Å²) in [6.45, 7) is 9.51. The number of hydrogen-bond donors (Lipinski definition) is 0. The molecule has 8 aromatic carbocycles. The molecule has 0 fully saturated rings. The van der Waals surface area contributed by atoms with Crippen molar-refractivity contribution >= 4 is 43.7 Å². The van der Waals surface area contributed by atoms with Gasteiger partial charge in [0.1, 0.15) is 11.2 Å². The topological polar surface area (TPSA) is 18.1 Å². The van der Waals surface area contributed by atoms with Crippen molar-refractivity contribution in [2.24, 2.45) is 0 Å². The number of aromatic nitrogens is 1. The summed E-state index contributed by atoms with van der Waals surface area (Å²) in [6, 6.07) is 65.0. The predicted molar refractivity (Wildman–Crippen MR) is 233 cm³/mol. The Labute approximate surface area is 327 Å². The molecule has 0 spiro atoms. The summed E-state index contributed by atoms with van der Waals surface area (Å²) in [5.74, 6) is 0. The highest BCUT2D eigenvalue weighted by Crippen LogP contribution is 2.60. The number of nitrogens with zero attached hydrogens (tertiary/aromatic N) is 1. The highest BCUT2D eigenvalue weighted by Gasteiger charge is 2.50. The zero-order chi connectivity index (χ0) is 37.8. The van der Waals surface area contributed by atoms with Crippen LogP contribution in [0.1, 0.15) is 58.4 Å². The molecule has 0 aliphatic heterocycles. The Morgan fingerprint density at radius 3 is 1.79 bits per heavy atom. The summed E-state index contributed by atoms with van der Waals surface area (Å²) in [4.78, 5) is 0. The van der Waals surface area contributed by atoms with Crippen LogP contribution in [0.4, 0.5) is 0 Å². The second-order valence-electron chi connectivity index (χ2n) is 16.0. The molecule has 2 atom stereocenters. The van der Waals surface area contributed by atoms with Gasteiger partial charge >= 0.3 is 0 Å². The fraction of sp³-hybridized carbons (Fsp3) is 0.111. The number of para-hydroxylation sites is 2. The molecule has 11 rings (SSSR count). The van der Waals surface area contributed by atoms with Crippen molar-refractivity contribution in [1.29, 1.82) is 0 Å². The zero-order valence-electron chi connectivity index (χ0n) is 32.1. The van der Waals surface area contributed by atoms with Crippen molar-refractivity contribution in [1.82, 2.24) is 4.57 Å². The van der Waals surface area contributed by atoms with E-state index < -0.39 is 10.8 Å². The van der Waals surface area contributed by atoms with Gasteiger partial charge in [0.25, 0.3) is 0 Å². The number of fused-ring (bicyclic) bond motifs is 9. The first kappa shape index (κ1) is 32.8. The smallest absolute Gasteiger partial charge is 0.135 e. The van der Waals surface area contributed by atoms with Crippen molar-refractivity contribution < 1.29 is 4.42 Å². The Balaban J connectivity index is 1.33. The zero-order valence-corrected chi connectivity index (χ0v) is 32.1. The van der Waals surface area contributed by atoms with Crippen LogP contribution in [0, 0.1) is 13.8 Å². The molecule has 0 bridgehead atoms. The molecule has 0 saturated heterocycles. The van der Waals surface area contributed by atoms with E-state index in [1.54, 1.807) is 0 Å². The monoisotopic (exact) mass is 719 g/mol. The molecule has 1 aliphatic carbocycles. The quantitative estimate of drug-likeness (QED) is 0.177. The van der Waals surface area contributed by atoms with Gasteiger partial charge in [0.2, 0.25) is 0 Å². The van der Waals surface area contributed by atoms with Crippen molar-refractivity contribution in [2.45, 2.75) is 38.5 Å². The molecule has 0 amide bonds. The Bertz CT molecular complexity index is 3180. The van der Waals surface area contributed by atoms with E-state index in [2.05, 4.69) is 202 Å².